The van der Waals surface area contributed by atoms with Crippen LogP contribution < -0.4 is 16.0 Å². The second-order valence-corrected chi connectivity index (χ2v) is 16.7. The molecule has 1 spiro atoms. The predicted octanol–water partition coefficient (Wildman–Crippen LogP) is 5.12. The van der Waals surface area contributed by atoms with Crippen LogP contribution in [-0.4, -0.2) is 53.7 Å². The van der Waals surface area contributed by atoms with E-state index in [1.807, 2.05) is 12.1 Å². The Morgan fingerprint density at radius 2 is 1.78 bits per heavy atom. The highest BCUT2D eigenvalue weighted by Crippen LogP contribution is 2.70. The summed E-state index contributed by atoms with van der Waals surface area (Å²) in [6.07, 6.45) is 9.78. The minimum atomic E-state index is -0.293. The van der Waals surface area contributed by atoms with Crippen LogP contribution in [0.15, 0.2) is 24.3 Å². The molecule has 2 aliphatic heterocycles. The fourth-order valence-electron chi connectivity index (χ4n) is 11.8. The number of benzene rings is 1. The molecule has 6 aliphatic rings. The van der Waals surface area contributed by atoms with Crippen molar-refractivity contribution in [2.24, 2.45) is 52.3 Å². The van der Waals surface area contributed by atoms with E-state index in [9.17, 15) is 19.5 Å². The molecule has 6 fully saturated rings. The fraction of sp³-hybridized carbons (Fsp3) is 0.763. The van der Waals surface area contributed by atoms with Crippen LogP contribution in [0.2, 0.25) is 0 Å². The molecule has 252 valence electrons. The van der Waals surface area contributed by atoms with Gasteiger partial charge in [-0.05, 0) is 110 Å². The Bertz CT molecular complexity index is 1340. The molecule has 4 N–H and O–H groups in total. The number of hydrogen-bond acceptors (Lipinski definition) is 6. The van der Waals surface area contributed by atoms with E-state index in [1.54, 1.807) is 12.1 Å². The predicted molar refractivity (Wildman–Crippen MR) is 176 cm³/mol. The topological polar surface area (TPSA) is 117 Å². The molecule has 1 aromatic carbocycles. The molecular weight excluding hydrogens is 578 g/mol. The lowest BCUT2D eigenvalue weighted by Gasteiger charge is -2.60. The summed E-state index contributed by atoms with van der Waals surface area (Å²) in [6, 6.07) is 7.01. The first-order valence-corrected chi connectivity index (χ1v) is 18.2. The lowest BCUT2D eigenvalue weighted by molar-refractivity contribution is -0.160. The van der Waals surface area contributed by atoms with E-state index in [-0.39, 0.29) is 52.7 Å². The van der Waals surface area contributed by atoms with Crippen LogP contribution in [0.3, 0.4) is 0 Å². The summed E-state index contributed by atoms with van der Waals surface area (Å²) in [5.41, 5.74) is 0.580. The molecule has 2 heterocycles. The van der Waals surface area contributed by atoms with Crippen molar-refractivity contribution in [3.05, 3.63) is 29.8 Å². The number of nitrogens with one attached hydrogen (secondary N) is 3. The lowest BCUT2D eigenvalue weighted by Crippen LogP contribution is -2.60. The Labute approximate surface area is 274 Å². The molecule has 2 saturated heterocycles. The summed E-state index contributed by atoms with van der Waals surface area (Å²) in [4.78, 5) is 39.7. The van der Waals surface area contributed by atoms with Crippen molar-refractivity contribution >= 4 is 17.6 Å². The van der Waals surface area contributed by atoms with Gasteiger partial charge in [-0.15, -0.1) is 0 Å². The second-order valence-electron chi connectivity index (χ2n) is 16.7. The van der Waals surface area contributed by atoms with Crippen molar-refractivity contribution in [1.29, 1.82) is 0 Å². The first kappa shape index (κ1) is 32.1. The zero-order valence-electron chi connectivity index (χ0n) is 28.3. The highest BCUT2D eigenvalue weighted by Gasteiger charge is 2.71. The highest BCUT2D eigenvalue weighted by atomic mass is 16.5. The van der Waals surface area contributed by atoms with Gasteiger partial charge in [-0.2, -0.15) is 0 Å². The van der Waals surface area contributed by atoms with E-state index in [0.29, 0.717) is 66.6 Å². The van der Waals surface area contributed by atoms with Gasteiger partial charge in [0.2, 0.25) is 11.8 Å². The van der Waals surface area contributed by atoms with Gasteiger partial charge in [-0.1, -0.05) is 39.8 Å². The van der Waals surface area contributed by atoms with E-state index >= 15 is 0 Å². The first-order valence-electron chi connectivity index (χ1n) is 18.2. The Morgan fingerprint density at radius 3 is 2.52 bits per heavy atom. The molecule has 7 rings (SSSR count). The van der Waals surface area contributed by atoms with Crippen LogP contribution in [0.1, 0.15) is 97.5 Å². The summed E-state index contributed by atoms with van der Waals surface area (Å²) >= 11 is 0. The maximum Gasteiger partial charge on any atom is 0.229 e. The van der Waals surface area contributed by atoms with Crippen LogP contribution >= 0.6 is 0 Å². The quantitative estimate of drug-likeness (QED) is 0.323. The molecule has 1 aromatic rings. The number of aromatic hydroxyl groups is 1. The van der Waals surface area contributed by atoms with Gasteiger partial charge in [0.25, 0.3) is 0 Å². The lowest BCUT2D eigenvalue weighted by atomic mass is 9.44. The summed E-state index contributed by atoms with van der Waals surface area (Å²) in [7, 11) is 0. The Hall–Kier alpha value is -2.45. The van der Waals surface area contributed by atoms with E-state index in [0.717, 1.165) is 57.1 Å². The first-order chi connectivity index (χ1) is 21.9. The number of phenols is 1. The maximum absolute atomic E-state index is 14.4. The van der Waals surface area contributed by atoms with Gasteiger partial charge >= 0.3 is 0 Å². The fourth-order valence-corrected chi connectivity index (χ4v) is 11.8. The molecule has 8 heteroatoms. The number of hydrogen-bond donors (Lipinski definition) is 4. The van der Waals surface area contributed by atoms with Gasteiger partial charge < -0.3 is 20.5 Å². The van der Waals surface area contributed by atoms with Crippen molar-refractivity contribution in [1.82, 2.24) is 16.0 Å². The van der Waals surface area contributed by atoms with Crippen LogP contribution in [0, 0.1) is 52.3 Å². The number of carbonyl (C=O) groups excluding carboxylic acids is 3. The third-order valence-corrected chi connectivity index (χ3v) is 14.4. The van der Waals surface area contributed by atoms with Gasteiger partial charge in [-0.25, -0.2) is 0 Å². The molecule has 0 aromatic heterocycles. The van der Waals surface area contributed by atoms with E-state index in [2.05, 4.69) is 43.6 Å². The monoisotopic (exact) mass is 633 g/mol. The summed E-state index contributed by atoms with van der Waals surface area (Å²) in [6.45, 7) is 10.9. The van der Waals surface area contributed by atoms with Gasteiger partial charge in [0, 0.05) is 42.8 Å². The SMILES string of the molecule is C[C@H]1CC[C@@]2(NC1)O[C@H]1C[C@H]3[C@@H]4CC[C@@H]5C[C@H](NC(=O)CC(=O)NCCc6ccc(O)cc6)CC[C@]5(C)[C@H]4CC(=O)[C@]3(C)[C@H]1[C@@H]2C. The van der Waals surface area contributed by atoms with Crippen molar-refractivity contribution in [2.75, 3.05) is 13.1 Å². The molecule has 4 saturated carbocycles. The molecule has 0 bridgehead atoms. The van der Waals surface area contributed by atoms with Gasteiger partial charge in [-0.3, -0.25) is 19.7 Å². The van der Waals surface area contributed by atoms with Gasteiger partial charge in [0.1, 0.15) is 23.7 Å². The number of ketones is 1. The number of piperidine rings is 1. The number of rotatable bonds is 6. The van der Waals surface area contributed by atoms with E-state index < -0.39 is 0 Å². The molecular formula is C38H55N3O5. The number of Topliss-reactive ketones (excluding diaryl/α,β-unsaturated/α-hetero) is 1. The third-order valence-electron chi connectivity index (χ3n) is 14.4. The molecule has 4 aliphatic carbocycles. The standard InChI is InChI=1S/C38H55N3O5/c1-22-11-15-38(40-21-22)23(2)35-31(46-38)18-30-28-10-7-25-17-26(12-14-36(25,3)29(28)19-32(43)37(30,35)4)41-34(45)20-33(44)39-16-13-24-5-8-27(42)9-6-24/h5-6,8-9,22-23,25-26,28-31,35,40,42H,7,10-21H2,1-4H3,(H,39,44)(H,41,45)/t22-,23-,25+,26+,28+,29-,30-,31-,35-,36-,37+,38+/m0/s1. The number of fused-ring (bicyclic) bond motifs is 7. The molecule has 0 unspecified atom stereocenters. The smallest absolute Gasteiger partial charge is 0.229 e. The summed E-state index contributed by atoms with van der Waals surface area (Å²) in [5.74, 6) is 3.40. The van der Waals surface area contributed by atoms with Crippen LogP contribution in [-0.2, 0) is 25.5 Å². The van der Waals surface area contributed by atoms with Crippen LogP contribution in [0.25, 0.3) is 0 Å². The van der Waals surface area contributed by atoms with Crippen molar-refractivity contribution in [3.8, 4) is 5.75 Å². The van der Waals surface area contributed by atoms with Crippen LogP contribution in [0.5, 0.6) is 5.75 Å². The summed E-state index contributed by atoms with van der Waals surface area (Å²) in [5, 5.41) is 19.3. The molecule has 2 amide bonds. The normalized spacial score (nSPS) is 44.5. The van der Waals surface area contributed by atoms with Gasteiger partial charge in [0.05, 0.1) is 6.10 Å². The number of phenolic OH excluding ortho intramolecular Hbond substituents is 1. The zero-order chi connectivity index (χ0) is 32.4. The summed E-state index contributed by atoms with van der Waals surface area (Å²) < 4.78 is 6.98. The molecule has 0 radical (unpaired) electrons. The number of amides is 2. The van der Waals surface area contributed by atoms with E-state index in [4.69, 9.17) is 4.74 Å². The maximum atomic E-state index is 14.4. The molecule has 12 atom stereocenters. The van der Waals surface area contributed by atoms with Crippen molar-refractivity contribution in [3.63, 3.8) is 0 Å². The van der Waals surface area contributed by atoms with Crippen LogP contribution in [0.4, 0.5) is 0 Å². The number of ether oxygens (including phenoxy) is 1. The highest BCUT2D eigenvalue weighted by molar-refractivity contribution is 5.97. The number of carbonyl (C=O) groups is 3. The van der Waals surface area contributed by atoms with Crippen molar-refractivity contribution in [2.45, 2.75) is 116 Å². The minimum Gasteiger partial charge on any atom is -0.508 e. The average Bonchev–Trinajstić information content (AvgIpc) is 3.47. The second kappa shape index (κ2) is 11.9. The zero-order valence-corrected chi connectivity index (χ0v) is 28.3. The Balaban J connectivity index is 0.943. The Kier molecular flexibility index (Phi) is 8.31. The van der Waals surface area contributed by atoms with E-state index in [1.165, 1.54) is 6.42 Å². The van der Waals surface area contributed by atoms with Gasteiger partial charge in [0.15, 0.2) is 0 Å². The molecule has 46 heavy (non-hydrogen) atoms. The minimum absolute atomic E-state index is 0.0819. The Morgan fingerprint density at radius 1 is 1.00 bits per heavy atom. The molecule has 8 nitrogen and oxygen atoms in total. The average molecular weight is 634 g/mol. The van der Waals surface area contributed by atoms with Crippen molar-refractivity contribution < 1.29 is 24.2 Å². The third kappa shape index (κ3) is 5.30. The largest absolute Gasteiger partial charge is 0.508 e.